The van der Waals surface area contributed by atoms with E-state index in [0.29, 0.717) is 22.6 Å². The van der Waals surface area contributed by atoms with E-state index >= 15 is 0 Å². The Morgan fingerprint density at radius 1 is 0.941 bits per heavy atom. The molecule has 0 aliphatic rings. The molecule has 5 heteroatoms. The zero-order valence-corrected chi connectivity index (χ0v) is 8.78. The average Bonchev–Trinajstić information content (AvgIpc) is 2.39. The lowest BCUT2D eigenvalue weighted by Crippen LogP contribution is -1.93. The Hall–Kier alpha value is -2.56. The van der Waals surface area contributed by atoms with Crippen LogP contribution < -0.4 is 0 Å². The van der Waals surface area contributed by atoms with E-state index in [1.807, 2.05) is 6.07 Å². The van der Waals surface area contributed by atoms with Crippen molar-refractivity contribution >= 4 is 11.2 Å². The summed E-state index contributed by atoms with van der Waals surface area (Å²) in [6.45, 7) is 0. The highest BCUT2D eigenvalue weighted by Gasteiger charge is 2.07. The fourth-order valence-corrected chi connectivity index (χ4v) is 1.56. The zero-order valence-electron chi connectivity index (χ0n) is 8.78. The largest absolute Gasteiger partial charge is 0.507 e. The Morgan fingerprint density at radius 2 is 1.76 bits per heavy atom. The van der Waals surface area contributed by atoms with Crippen molar-refractivity contribution in [1.29, 1.82) is 0 Å². The molecular formula is C12H8N4O. The van der Waals surface area contributed by atoms with Crippen LogP contribution in [0.5, 0.6) is 5.75 Å². The maximum Gasteiger partial charge on any atom is 0.181 e. The van der Waals surface area contributed by atoms with Crippen molar-refractivity contribution < 1.29 is 5.11 Å². The molecule has 0 aliphatic heterocycles. The molecule has 0 amide bonds. The number of para-hydroxylation sites is 1. The summed E-state index contributed by atoms with van der Waals surface area (Å²) in [5.74, 6) is 0.590. The molecule has 82 valence electrons. The van der Waals surface area contributed by atoms with Crippen molar-refractivity contribution in [3.05, 3.63) is 42.9 Å². The van der Waals surface area contributed by atoms with Crippen molar-refractivity contribution in [2.24, 2.45) is 0 Å². The van der Waals surface area contributed by atoms with Crippen molar-refractivity contribution in [3.8, 4) is 17.1 Å². The van der Waals surface area contributed by atoms with Gasteiger partial charge in [0.15, 0.2) is 11.5 Å². The van der Waals surface area contributed by atoms with E-state index in [0.717, 1.165) is 0 Å². The van der Waals surface area contributed by atoms with E-state index in [1.165, 1.54) is 0 Å². The normalized spacial score (nSPS) is 10.6. The van der Waals surface area contributed by atoms with Gasteiger partial charge in [0.25, 0.3) is 0 Å². The first-order chi connectivity index (χ1) is 8.34. The van der Waals surface area contributed by atoms with Gasteiger partial charge in [0.2, 0.25) is 0 Å². The molecule has 3 aromatic rings. The minimum Gasteiger partial charge on any atom is -0.507 e. The number of aromatic hydroxyl groups is 1. The maximum absolute atomic E-state index is 9.72. The third kappa shape index (κ3) is 1.67. The van der Waals surface area contributed by atoms with Gasteiger partial charge in [-0.3, -0.25) is 0 Å². The maximum atomic E-state index is 9.72. The van der Waals surface area contributed by atoms with Gasteiger partial charge in [0.1, 0.15) is 11.3 Å². The predicted octanol–water partition coefficient (Wildman–Crippen LogP) is 1.79. The minimum atomic E-state index is 0.149. The predicted molar refractivity (Wildman–Crippen MR) is 62.2 cm³/mol. The third-order valence-electron chi connectivity index (χ3n) is 2.37. The average molecular weight is 224 g/mol. The zero-order chi connectivity index (χ0) is 11.7. The van der Waals surface area contributed by atoms with Gasteiger partial charge in [-0.15, -0.1) is 0 Å². The number of aromatic nitrogens is 4. The van der Waals surface area contributed by atoms with Gasteiger partial charge in [-0.2, -0.15) is 0 Å². The van der Waals surface area contributed by atoms with E-state index in [1.54, 1.807) is 36.8 Å². The van der Waals surface area contributed by atoms with E-state index in [2.05, 4.69) is 19.9 Å². The molecule has 0 spiro atoms. The van der Waals surface area contributed by atoms with Crippen LogP contribution >= 0.6 is 0 Å². The fourth-order valence-electron chi connectivity index (χ4n) is 1.56. The summed E-state index contributed by atoms with van der Waals surface area (Å²) < 4.78 is 0. The second-order valence-electron chi connectivity index (χ2n) is 3.48. The molecule has 5 nitrogen and oxygen atoms in total. The Labute approximate surface area is 96.8 Å². The van der Waals surface area contributed by atoms with Crippen LogP contribution in [0.15, 0.2) is 42.9 Å². The van der Waals surface area contributed by atoms with Gasteiger partial charge in [0.05, 0.1) is 11.8 Å². The minimum absolute atomic E-state index is 0.149. The Bertz CT molecular complexity index is 684. The lowest BCUT2D eigenvalue weighted by molar-refractivity contribution is 0.477. The van der Waals surface area contributed by atoms with Crippen LogP contribution in [0.2, 0.25) is 0 Å². The van der Waals surface area contributed by atoms with Crippen molar-refractivity contribution in [2.75, 3.05) is 0 Å². The van der Waals surface area contributed by atoms with Crippen molar-refractivity contribution in [3.63, 3.8) is 0 Å². The number of phenolic OH excluding ortho intramolecular Hbond substituents is 1. The first-order valence-corrected chi connectivity index (χ1v) is 5.07. The van der Waals surface area contributed by atoms with Gasteiger partial charge < -0.3 is 5.11 Å². The van der Waals surface area contributed by atoms with Crippen molar-refractivity contribution in [1.82, 2.24) is 19.9 Å². The second-order valence-corrected chi connectivity index (χ2v) is 3.48. The first kappa shape index (κ1) is 9.65. The van der Waals surface area contributed by atoms with Crippen LogP contribution in [0.4, 0.5) is 0 Å². The van der Waals surface area contributed by atoms with Gasteiger partial charge in [0, 0.05) is 12.4 Å². The van der Waals surface area contributed by atoms with Crippen LogP contribution in [-0.2, 0) is 0 Å². The second kappa shape index (κ2) is 3.79. The molecule has 0 saturated carbocycles. The van der Waals surface area contributed by atoms with Crippen LogP contribution in [0.3, 0.4) is 0 Å². The molecule has 0 atom stereocenters. The standard InChI is InChI=1S/C12H8N4O/c17-10-4-2-1-3-8(10)11-15-7-9-12(16-11)14-6-5-13-9/h1-7,17H. The number of rotatable bonds is 1. The Balaban J connectivity index is 2.22. The van der Waals surface area contributed by atoms with Crippen LogP contribution in [-0.4, -0.2) is 25.0 Å². The highest BCUT2D eigenvalue weighted by atomic mass is 16.3. The molecule has 0 radical (unpaired) electrons. The summed E-state index contributed by atoms with van der Waals surface area (Å²) in [4.78, 5) is 16.6. The third-order valence-corrected chi connectivity index (χ3v) is 2.37. The summed E-state index contributed by atoms with van der Waals surface area (Å²) >= 11 is 0. The smallest absolute Gasteiger partial charge is 0.181 e. The molecule has 0 bridgehead atoms. The number of phenols is 1. The number of benzene rings is 1. The monoisotopic (exact) mass is 224 g/mol. The summed E-state index contributed by atoms with van der Waals surface area (Å²) in [6.07, 6.45) is 4.76. The quantitative estimate of drug-likeness (QED) is 0.682. The lowest BCUT2D eigenvalue weighted by atomic mass is 10.2. The van der Waals surface area contributed by atoms with Gasteiger partial charge >= 0.3 is 0 Å². The van der Waals surface area contributed by atoms with Gasteiger partial charge in [-0.1, -0.05) is 12.1 Å². The molecular weight excluding hydrogens is 216 g/mol. The Morgan fingerprint density at radius 3 is 2.65 bits per heavy atom. The SMILES string of the molecule is Oc1ccccc1-c1ncc2nccnc2n1. The molecule has 17 heavy (non-hydrogen) atoms. The molecule has 0 saturated heterocycles. The Kier molecular flexibility index (Phi) is 2.15. The van der Waals surface area contributed by atoms with Crippen LogP contribution in [0.1, 0.15) is 0 Å². The van der Waals surface area contributed by atoms with Crippen LogP contribution in [0.25, 0.3) is 22.6 Å². The summed E-state index contributed by atoms with van der Waals surface area (Å²) in [5, 5.41) is 9.72. The lowest BCUT2D eigenvalue weighted by Gasteiger charge is -2.02. The molecule has 0 unspecified atom stereocenters. The number of fused-ring (bicyclic) bond motifs is 1. The van der Waals surface area contributed by atoms with Crippen LogP contribution in [0, 0.1) is 0 Å². The highest BCUT2D eigenvalue weighted by Crippen LogP contribution is 2.25. The number of hydrogen-bond acceptors (Lipinski definition) is 5. The van der Waals surface area contributed by atoms with E-state index in [9.17, 15) is 5.11 Å². The number of hydrogen-bond donors (Lipinski definition) is 1. The van der Waals surface area contributed by atoms with Gasteiger partial charge in [-0.25, -0.2) is 19.9 Å². The highest BCUT2D eigenvalue weighted by molar-refractivity contribution is 5.72. The molecule has 0 aliphatic carbocycles. The van der Waals surface area contributed by atoms with Crippen molar-refractivity contribution in [2.45, 2.75) is 0 Å². The molecule has 1 N–H and O–H groups in total. The summed E-state index contributed by atoms with van der Waals surface area (Å²) in [7, 11) is 0. The topological polar surface area (TPSA) is 71.8 Å². The summed E-state index contributed by atoms with van der Waals surface area (Å²) in [6, 6.07) is 6.92. The first-order valence-electron chi connectivity index (χ1n) is 5.07. The van der Waals surface area contributed by atoms with Gasteiger partial charge in [-0.05, 0) is 12.1 Å². The summed E-state index contributed by atoms with van der Waals surface area (Å²) in [5.41, 5.74) is 1.73. The van der Waals surface area contributed by atoms with E-state index in [4.69, 9.17) is 0 Å². The van der Waals surface area contributed by atoms with E-state index in [-0.39, 0.29) is 5.75 Å². The molecule has 2 heterocycles. The molecule has 3 rings (SSSR count). The molecule has 2 aromatic heterocycles. The molecule has 1 aromatic carbocycles. The molecule has 0 fully saturated rings. The number of nitrogens with zero attached hydrogens (tertiary/aromatic N) is 4. The van der Waals surface area contributed by atoms with E-state index < -0.39 is 0 Å². The fraction of sp³-hybridized carbons (Fsp3) is 0.